The van der Waals surface area contributed by atoms with Gasteiger partial charge in [-0.05, 0) is 429 Å². The Bertz CT molecular complexity index is 2820. The molecule has 0 saturated carbocycles. The predicted octanol–water partition coefficient (Wildman–Crippen LogP) is 21.6. The third kappa shape index (κ3) is 73.1. The lowest BCUT2D eigenvalue weighted by atomic mass is 9.96. The molecule has 10 aliphatic heterocycles. The summed E-state index contributed by atoms with van der Waals surface area (Å²) in [7, 11) is 14.9. The molecule has 24 heteroatoms. The SMILES string of the molecule is CC(C)(C)OCCN1CCCC(F)(F)C1.CC1(F)CCN(CCOC(C)(C)C)CC1.CC1CCN(CCOC(C)(C)C)CC1.CN1CCC[C@@H]1COC(C)(C)C.CN1CCC[C@H](COC(C)(C)C)C1.CN1CCC[C@H]1COC(C)(C)C.CO[C@H]1C[C@@H](COC(C)(C)C)N(C)C1.C[C@H]1CCN(CCOC(C)(C)C)C1.C[C@H]1C[C@@H](COC(C)(C)C)N(C)C1.C[C@H]1C[C@@H](COC(C)(C)C)N(C)C1. The van der Waals surface area contributed by atoms with Crippen LogP contribution >= 0.6 is 0 Å². The lowest BCUT2D eigenvalue weighted by Gasteiger charge is -2.34. The second kappa shape index (κ2) is 62.7. The first-order valence-electron chi connectivity index (χ1n) is 53.2. The maximum atomic E-state index is 13.5. The summed E-state index contributed by atoms with van der Waals surface area (Å²) < 4.78 is 102. The second-order valence-electron chi connectivity index (χ2n) is 52.0. The predicted molar refractivity (Wildman–Crippen MR) is 562 cm³/mol. The van der Waals surface area contributed by atoms with Gasteiger partial charge in [0.1, 0.15) is 5.67 Å². The molecule has 10 rings (SSSR count). The highest BCUT2D eigenvalue weighted by Gasteiger charge is 2.37. The van der Waals surface area contributed by atoms with Gasteiger partial charge in [-0.3, -0.25) is 9.80 Å². The highest BCUT2D eigenvalue weighted by molar-refractivity contribution is 4.88. The third-order valence-electron chi connectivity index (χ3n) is 25.7. The van der Waals surface area contributed by atoms with E-state index in [4.69, 9.17) is 52.1 Å². The quantitative estimate of drug-likeness (QED) is 0.0857. The van der Waals surface area contributed by atoms with E-state index in [2.05, 4.69) is 301 Å². The van der Waals surface area contributed by atoms with Crippen molar-refractivity contribution in [1.82, 2.24) is 49.0 Å². The summed E-state index contributed by atoms with van der Waals surface area (Å²) in [4.78, 5) is 23.4. The number of halogens is 3. The molecule has 0 N–H and O–H groups in total. The van der Waals surface area contributed by atoms with Gasteiger partial charge in [-0.1, -0.05) is 27.7 Å². The standard InChI is InChI=1S/C12H24FNO.C12H25NO.C11H21F2NO.C11H23NO2.4C11H23NO.2C10H21NO/c1-11(2,3)15-10-9-14-7-5-12(4,13)6-8-14;1-11-5-7-13(8-6-11)9-10-14-12(2,3)4;1-10(2,3)15-8-7-14-6-4-5-11(12,13)9-14;1-11(2,3)14-8-9-6-10(13-5)7-12(9)4;2*1-9-6-10(12(5)7-9)8-13-11(2,3)4;1-10-5-6-12(9-10)7-8-13-11(2,3)4;1-11(2,3)13-9-10-6-5-7-12(4)8-10;2*1-10(2,3)12-8-9-6-5-7-11(9)4/h5-10H2,1-4H3;11H,5-10H2,1-4H3;4-9H2,1-3H3;9-10H,6-8H2,1-5H3;2*9-10H,6-8H2,1-5H3;2*10H,5-9H2,1-4H3;2*9H,5-8H2,1-4H3/t;;;3*9-,10-;2*10-;2*9-/m...0000010/s1. The number of rotatable bonds is 25. The zero-order chi connectivity index (χ0) is 103. The van der Waals surface area contributed by atoms with Crippen LogP contribution in [0.15, 0.2) is 0 Å². The molecular weight excluding hydrogens is 1690 g/mol. The minimum absolute atomic E-state index is 0.00662. The molecule has 21 nitrogen and oxygen atoms in total. The van der Waals surface area contributed by atoms with Crippen LogP contribution in [-0.2, 0) is 52.1 Å². The van der Waals surface area contributed by atoms with Gasteiger partial charge < -0.3 is 91.3 Å². The molecule has 0 spiro atoms. The number of ether oxygens (including phenoxy) is 11. The molecule has 0 amide bonds. The van der Waals surface area contributed by atoms with E-state index in [9.17, 15) is 13.2 Å². The zero-order valence-electron chi connectivity index (χ0n) is 96.3. The number of likely N-dealkylation sites (N-methyl/N-ethyl adjacent to an activating group) is 5. The Balaban J connectivity index is 0.000000745. The molecule has 10 saturated heterocycles. The molecule has 10 fully saturated rings. The lowest BCUT2D eigenvalue weighted by Crippen LogP contribution is -2.44. The van der Waals surface area contributed by atoms with E-state index in [1.54, 1.807) is 18.9 Å². The number of nitrogens with zero attached hydrogens (tertiary/aromatic N) is 10. The Morgan fingerprint density at radius 3 is 0.896 bits per heavy atom. The smallest absolute Gasteiger partial charge is 0.260 e. The van der Waals surface area contributed by atoms with Crippen molar-refractivity contribution in [2.45, 2.75) is 449 Å². The molecule has 0 unspecified atom stereocenters. The highest BCUT2D eigenvalue weighted by atomic mass is 19.3. The molecule has 134 heavy (non-hydrogen) atoms. The minimum atomic E-state index is -2.50. The molecule has 0 aromatic rings. The first kappa shape index (κ1) is 131. The Morgan fingerprint density at radius 2 is 0.590 bits per heavy atom. The largest absolute Gasteiger partial charge is 0.380 e. The van der Waals surface area contributed by atoms with E-state index in [0.29, 0.717) is 68.7 Å². The van der Waals surface area contributed by atoms with Crippen molar-refractivity contribution in [3.8, 4) is 0 Å². The monoisotopic (exact) mass is 1920 g/mol. The fourth-order valence-electron chi connectivity index (χ4n) is 17.3. The number of alkyl halides is 3. The fraction of sp³-hybridized carbons (Fsp3) is 1.00. The Morgan fingerprint density at radius 1 is 0.276 bits per heavy atom. The average Bonchev–Trinajstić information content (AvgIpc) is 1.50. The fourth-order valence-corrected chi connectivity index (χ4v) is 17.3. The Kier molecular flexibility index (Phi) is 61.3. The Labute approximate surface area is 828 Å². The normalized spacial score (nSPS) is 26.3. The summed E-state index contributed by atoms with van der Waals surface area (Å²) in [5.74, 6) is 1.72. The first-order chi connectivity index (χ1) is 61.2. The summed E-state index contributed by atoms with van der Waals surface area (Å²) in [6, 6.07) is 3.09. The molecule has 0 aromatic carbocycles. The van der Waals surface area contributed by atoms with Crippen molar-refractivity contribution >= 4 is 0 Å². The van der Waals surface area contributed by atoms with Crippen LogP contribution in [-0.4, -0.2) is 393 Å². The molecule has 10 aliphatic rings. The van der Waals surface area contributed by atoms with E-state index in [0.717, 1.165) is 141 Å². The first-order valence-corrected chi connectivity index (χ1v) is 53.2. The van der Waals surface area contributed by atoms with Crippen LogP contribution in [0.5, 0.6) is 0 Å². The number of likely N-dealkylation sites (tertiary alicyclic amines) is 10. The van der Waals surface area contributed by atoms with E-state index in [1.165, 1.54) is 136 Å². The summed E-state index contributed by atoms with van der Waals surface area (Å²) in [6.45, 7) is 102. The topological polar surface area (TPSA) is 134 Å². The van der Waals surface area contributed by atoms with E-state index in [-0.39, 0.29) is 69.0 Å². The summed E-state index contributed by atoms with van der Waals surface area (Å²) in [6.07, 6.45) is 17.9. The molecule has 10 heterocycles. The summed E-state index contributed by atoms with van der Waals surface area (Å²) in [5.41, 5.74) is -1.12. The number of hydrogen-bond donors (Lipinski definition) is 0. The number of hydrogen-bond acceptors (Lipinski definition) is 21. The van der Waals surface area contributed by atoms with Gasteiger partial charge in [-0.15, -0.1) is 0 Å². The van der Waals surface area contributed by atoms with E-state index in [1.807, 2.05) is 20.8 Å². The maximum absolute atomic E-state index is 13.5. The molecule has 0 radical (unpaired) electrons. The molecule has 0 aromatic heterocycles. The van der Waals surface area contributed by atoms with Crippen LogP contribution in [0.1, 0.15) is 345 Å². The van der Waals surface area contributed by atoms with Crippen LogP contribution in [0, 0.1) is 29.6 Å². The molecule has 804 valence electrons. The van der Waals surface area contributed by atoms with Gasteiger partial charge in [0.15, 0.2) is 0 Å². The van der Waals surface area contributed by atoms with Crippen molar-refractivity contribution in [1.29, 1.82) is 0 Å². The number of methoxy groups -OCH3 is 1. The Hall–Kier alpha value is -1.05. The van der Waals surface area contributed by atoms with E-state index >= 15 is 0 Å². The van der Waals surface area contributed by atoms with Crippen molar-refractivity contribution in [2.24, 2.45) is 29.6 Å². The third-order valence-corrected chi connectivity index (χ3v) is 25.7. The van der Waals surface area contributed by atoms with Gasteiger partial charge in [0.2, 0.25) is 0 Å². The zero-order valence-corrected chi connectivity index (χ0v) is 96.3. The van der Waals surface area contributed by atoms with Crippen molar-refractivity contribution in [2.75, 3.05) is 240 Å². The van der Waals surface area contributed by atoms with E-state index < -0.39 is 11.6 Å². The second-order valence-corrected chi connectivity index (χ2v) is 52.0. The van der Waals surface area contributed by atoms with Gasteiger partial charge in [0, 0.05) is 116 Å². The number of piperidine rings is 4. The maximum Gasteiger partial charge on any atom is 0.260 e. The van der Waals surface area contributed by atoms with Crippen LogP contribution in [0.3, 0.4) is 0 Å². The highest BCUT2D eigenvalue weighted by Crippen LogP contribution is 2.31. The van der Waals surface area contributed by atoms with Crippen molar-refractivity contribution in [3.05, 3.63) is 0 Å². The van der Waals surface area contributed by atoms with Crippen LogP contribution in [0.2, 0.25) is 0 Å². The van der Waals surface area contributed by atoms with Gasteiger partial charge in [0.25, 0.3) is 5.92 Å². The van der Waals surface area contributed by atoms with Crippen molar-refractivity contribution in [3.63, 3.8) is 0 Å². The average molecular weight is 1920 g/mol. The lowest BCUT2D eigenvalue weighted by molar-refractivity contribution is -0.0766. The van der Waals surface area contributed by atoms with Gasteiger partial charge in [-0.2, -0.15) is 0 Å². The molecule has 0 bridgehead atoms. The van der Waals surface area contributed by atoms with Gasteiger partial charge in [0.05, 0.1) is 135 Å². The molecule has 0 aliphatic carbocycles. The van der Waals surface area contributed by atoms with Crippen LogP contribution < -0.4 is 0 Å². The van der Waals surface area contributed by atoms with Gasteiger partial charge >= 0.3 is 0 Å². The minimum Gasteiger partial charge on any atom is -0.380 e. The summed E-state index contributed by atoms with van der Waals surface area (Å²) in [5, 5.41) is 0. The molecule has 10 atom stereocenters. The van der Waals surface area contributed by atoms with Crippen LogP contribution in [0.25, 0.3) is 0 Å². The molecular formula is C110H227F3N10O11. The van der Waals surface area contributed by atoms with Crippen molar-refractivity contribution < 1.29 is 65.3 Å². The van der Waals surface area contributed by atoms with Gasteiger partial charge in [-0.25, -0.2) is 13.2 Å². The van der Waals surface area contributed by atoms with Crippen LogP contribution in [0.4, 0.5) is 13.2 Å². The summed E-state index contributed by atoms with van der Waals surface area (Å²) >= 11 is 0.